The first-order valence-corrected chi connectivity index (χ1v) is 13.1. The summed E-state index contributed by atoms with van der Waals surface area (Å²) in [6, 6.07) is 9.93. The Morgan fingerprint density at radius 3 is 2.26 bits per heavy atom. The number of hydrogen-bond donors (Lipinski definition) is 2. The molecule has 1 atom stereocenters. The predicted molar refractivity (Wildman–Crippen MR) is 136 cm³/mol. The Bertz CT molecular complexity index is 1040. The van der Waals surface area contributed by atoms with Crippen LogP contribution in [0.3, 0.4) is 0 Å². The van der Waals surface area contributed by atoms with Gasteiger partial charge in [0.2, 0.25) is 5.43 Å². The molecule has 1 saturated heterocycles. The van der Waals surface area contributed by atoms with Gasteiger partial charge in [0.1, 0.15) is 11.1 Å². The zero-order valence-electron chi connectivity index (χ0n) is 20.5. The molecule has 7 nitrogen and oxygen atoms in total. The molecular weight excluding hydrogens is 442 g/mol. The quantitative estimate of drug-likeness (QED) is 0.602. The van der Waals surface area contributed by atoms with Crippen LogP contribution in [0.1, 0.15) is 84.1 Å². The predicted octanol–water partition coefficient (Wildman–Crippen LogP) is 3.84. The summed E-state index contributed by atoms with van der Waals surface area (Å²) < 4.78 is 7.52. The van der Waals surface area contributed by atoms with Gasteiger partial charge in [0.25, 0.3) is 11.8 Å². The van der Waals surface area contributed by atoms with Gasteiger partial charge in [-0.05, 0) is 37.7 Å². The fourth-order valence-corrected chi connectivity index (χ4v) is 5.01. The number of nitrogens with zero attached hydrogens (tertiary/aromatic N) is 1. The number of aromatic nitrogens is 1. The van der Waals surface area contributed by atoms with Gasteiger partial charge in [-0.3, -0.25) is 14.4 Å². The van der Waals surface area contributed by atoms with Gasteiger partial charge in [-0.15, -0.1) is 0 Å². The largest absolute Gasteiger partial charge is 0.376 e. The average molecular weight is 480 g/mol. The molecule has 2 fully saturated rings. The second-order valence-corrected chi connectivity index (χ2v) is 9.75. The molecule has 2 N–H and O–H groups in total. The van der Waals surface area contributed by atoms with Gasteiger partial charge < -0.3 is 19.9 Å². The summed E-state index contributed by atoms with van der Waals surface area (Å²) in [5.74, 6) is -0.840. The number of pyridine rings is 1. The van der Waals surface area contributed by atoms with E-state index in [1.54, 1.807) is 17.0 Å². The van der Waals surface area contributed by atoms with E-state index in [0.717, 1.165) is 44.1 Å². The fourth-order valence-electron chi connectivity index (χ4n) is 5.01. The van der Waals surface area contributed by atoms with Crippen molar-refractivity contribution in [1.82, 2.24) is 15.2 Å². The molecular formula is C28H37N3O4. The molecule has 35 heavy (non-hydrogen) atoms. The topological polar surface area (TPSA) is 89.4 Å². The first-order valence-electron chi connectivity index (χ1n) is 13.1. The molecule has 1 aliphatic heterocycles. The summed E-state index contributed by atoms with van der Waals surface area (Å²) in [6.07, 6.45) is 13.4. The van der Waals surface area contributed by atoms with E-state index < -0.39 is 11.3 Å². The van der Waals surface area contributed by atoms with Crippen LogP contribution in [-0.4, -0.2) is 41.7 Å². The van der Waals surface area contributed by atoms with Crippen LogP contribution in [0.25, 0.3) is 0 Å². The third-order valence-corrected chi connectivity index (χ3v) is 6.99. The molecule has 188 valence electrons. The van der Waals surface area contributed by atoms with Crippen LogP contribution in [0.4, 0.5) is 0 Å². The van der Waals surface area contributed by atoms with E-state index in [1.807, 2.05) is 30.3 Å². The molecule has 2 heterocycles. The van der Waals surface area contributed by atoms with E-state index in [1.165, 1.54) is 19.3 Å². The third-order valence-electron chi connectivity index (χ3n) is 6.99. The summed E-state index contributed by atoms with van der Waals surface area (Å²) in [4.78, 5) is 39.5. The van der Waals surface area contributed by atoms with Crippen LogP contribution in [-0.2, 0) is 17.7 Å². The minimum atomic E-state index is -0.519. The first-order chi connectivity index (χ1) is 17.1. The second kappa shape index (κ2) is 12.7. The minimum Gasteiger partial charge on any atom is -0.376 e. The molecule has 0 radical (unpaired) electrons. The molecule has 2 aromatic rings. The Balaban J connectivity index is 1.51. The van der Waals surface area contributed by atoms with Crippen molar-refractivity contribution < 1.29 is 14.3 Å². The van der Waals surface area contributed by atoms with Gasteiger partial charge in [0.05, 0.1) is 6.10 Å². The summed E-state index contributed by atoms with van der Waals surface area (Å²) in [7, 11) is 0. The molecule has 2 aliphatic rings. The summed E-state index contributed by atoms with van der Waals surface area (Å²) in [5.41, 5.74) is 0.618. The van der Waals surface area contributed by atoms with Crippen molar-refractivity contribution in [2.24, 2.45) is 0 Å². The fraction of sp³-hybridized carbons (Fsp3) is 0.536. The van der Waals surface area contributed by atoms with Crippen molar-refractivity contribution in [2.75, 3.05) is 13.2 Å². The minimum absolute atomic E-state index is 0.00127. The molecule has 4 rings (SSSR count). The highest BCUT2D eigenvalue weighted by Crippen LogP contribution is 2.18. The zero-order chi connectivity index (χ0) is 24.5. The molecule has 7 heteroatoms. The van der Waals surface area contributed by atoms with E-state index in [9.17, 15) is 14.4 Å². The monoisotopic (exact) mass is 479 g/mol. The van der Waals surface area contributed by atoms with Crippen LogP contribution < -0.4 is 16.1 Å². The lowest BCUT2D eigenvalue weighted by Gasteiger charge is -2.21. The van der Waals surface area contributed by atoms with Crippen molar-refractivity contribution in [3.05, 3.63) is 69.6 Å². The van der Waals surface area contributed by atoms with Gasteiger partial charge in [-0.25, -0.2) is 0 Å². The van der Waals surface area contributed by atoms with Gasteiger partial charge in [0.15, 0.2) is 0 Å². The van der Waals surface area contributed by atoms with Gasteiger partial charge in [-0.1, -0.05) is 62.4 Å². The lowest BCUT2D eigenvalue weighted by molar-refractivity contribution is 0.0914. The highest BCUT2D eigenvalue weighted by molar-refractivity contribution is 5.99. The normalized spacial score (nSPS) is 19.0. The zero-order valence-corrected chi connectivity index (χ0v) is 20.5. The number of benzene rings is 1. The Labute approximate surface area is 207 Å². The number of carbonyl (C=O) groups is 2. The second-order valence-electron chi connectivity index (χ2n) is 9.75. The van der Waals surface area contributed by atoms with Crippen molar-refractivity contribution in [3.63, 3.8) is 0 Å². The van der Waals surface area contributed by atoms with E-state index in [4.69, 9.17) is 4.74 Å². The number of rotatable bonds is 8. The Hall–Kier alpha value is -2.93. The van der Waals surface area contributed by atoms with E-state index in [0.29, 0.717) is 26.1 Å². The van der Waals surface area contributed by atoms with Gasteiger partial charge in [0, 0.05) is 38.1 Å². The highest BCUT2D eigenvalue weighted by Gasteiger charge is 2.23. The van der Waals surface area contributed by atoms with Gasteiger partial charge >= 0.3 is 0 Å². The number of carbonyl (C=O) groups excluding carboxylic acids is 2. The van der Waals surface area contributed by atoms with Crippen LogP contribution in [0.15, 0.2) is 47.5 Å². The molecule has 0 bridgehead atoms. The molecule has 1 unspecified atom stereocenters. The van der Waals surface area contributed by atoms with Crippen molar-refractivity contribution in [1.29, 1.82) is 0 Å². The summed E-state index contributed by atoms with van der Waals surface area (Å²) >= 11 is 0. The Morgan fingerprint density at radius 2 is 1.57 bits per heavy atom. The average Bonchev–Trinajstić information content (AvgIpc) is 3.35. The first kappa shape index (κ1) is 25.2. The lowest BCUT2D eigenvalue weighted by atomic mass is 9.96. The number of ether oxygens (including phenoxy) is 1. The summed E-state index contributed by atoms with van der Waals surface area (Å²) in [5, 5.41) is 5.94. The standard InChI is InChI=1S/C28H37N3O4/c32-26-24(27(33)29-16-15-21-10-5-4-6-11-21)19-31(18-23-14-9-17-35-23)20-25(26)28(34)30-22-12-7-2-1-3-8-13-22/h4-6,10-11,19-20,22-23H,1-3,7-9,12-18H2,(H,29,33)(H,30,34). The lowest BCUT2D eigenvalue weighted by Crippen LogP contribution is -2.40. The third kappa shape index (κ3) is 7.28. The number of hydrogen-bond acceptors (Lipinski definition) is 4. The Morgan fingerprint density at radius 1 is 0.886 bits per heavy atom. The maximum Gasteiger partial charge on any atom is 0.256 e. The molecule has 2 amide bonds. The smallest absolute Gasteiger partial charge is 0.256 e. The Kier molecular flexibility index (Phi) is 9.12. The van der Waals surface area contributed by atoms with Crippen LogP contribution >= 0.6 is 0 Å². The van der Waals surface area contributed by atoms with E-state index in [2.05, 4.69) is 10.6 Å². The van der Waals surface area contributed by atoms with E-state index in [-0.39, 0.29) is 29.2 Å². The molecule has 0 spiro atoms. The maximum absolute atomic E-state index is 13.3. The van der Waals surface area contributed by atoms with Crippen LogP contribution in [0.5, 0.6) is 0 Å². The van der Waals surface area contributed by atoms with Crippen LogP contribution in [0.2, 0.25) is 0 Å². The maximum atomic E-state index is 13.3. The molecule has 1 saturated carbocycles. The van der Waals surface area contributed by atoms with Crippen molar-refractivity contribution in [3.8, 4) is 0 Å². The molecule has 1 aliphatic carbocycles. The number of amides is 2. The molecule has 1 aromatic carbocycles. The number of nitrogens with one attached hydrogen (secondary N) is 2. The van der Waals surface area contributed by atoms with Gasteiger partial charge in [-0.2, -0.15) is 0 Å². The molecule has 1 aromatic heterocycles. The van der Waals surface area contributed by atoms with Crippen molar-refractivity contribution >= 4 is 11.8 Å². The highest BCUT2D eigenvalue weighted by atomic mass is 16.5. The van der Waals surface area contributed by atoms with Crippen LogP contribution in [0, 0.1) is 0 Å². The van der Waals surface area contributed by atoms with Crippen molar-refractivity contribution in [2.45, 2.75) is 82.9 Å². The van der Waals surface area contributed by atoms with E-state index >= 15 is 0 Å². The summed E-state index contributed by atoms with van der Waals surface area (Å²) in [6.45, 7) is 1.63. The SMILES string of the molecule is O=C(NCCc1ccccc1)c1cn(CC2CCCO2)cc(C(=O)NC2CCCCCCC2)c1=O.